The lowest BCUT2D eigenvalue weighted by Crippen LogP contribution is -1.97. The molecular weight excluding hydrogens is 240 g/mol. The SMILES string of the molecule is Cn1cnc(-c2ccc([N+](=O)[O-])cc2)c1[N+](=O)[O-]. The molecule has 0 aliphatic heterocycles. The molecule has 18 heavy (non-hydrogen) atoms. The number of hydrogen-bond acceptors (Lipinski definition) is 5. The van der Waals surface area contributed by atoms with Gasteiger partial charge in [0.15, 0.2) is 12.0 Å². The van der Waals surface area contributed by atoms with Crippen LogP contribution in [0, 0.1) is 20.2 Å². The third-order valence-corrected chi connectivity index (χ3v) is 2.43. The summed E-state index contributed by atoms with van der Waals surface area (Å²) >= 11 is 0. The third kappa shape index (κ3) is 1.90. The van der Waals surface area contributed by atoms with E-state index in [0.29, 0.717) is 5.56 Å². The Hall–Kier alpha value is -2.77. The monoisotopic (exact) mass is 248 g/mol. The maximum Gasteiger partial charge on any atom is 0.350 e. The zero-order chi connectivity index (χ0) is 13.3. The summed E-state index contributed by atoms with van der Waals surface area (Å²) in [6, 6.07) is 5.45. The van der Waals surface area contributed by atoms with Crippen molar-refractivity contribution < 1.29 is 9.85 Å². The van der Waals surface area contributed by atoms with Crippen molar-refractivity contribution in [3.05, 3.63) is 50.8 Å². The predicted molar refractivity (Wildman–Crippen MR) is 62.0 cm³/mol. The van der Waals surface area contributed by atoms with Crippen LogP contribution in [0.15, 0.2) is 30.6 Å². The number of non-ortho nitro benzene ring substituents is 1. The van der Waals surface area contributed by atoms with Gasteiger partial charge in [-0.1, -0.05) is 0 Å². The molecular formula is C10H8N4O4. The van der Waals surface area contributed by atoms with Crippen LogP contribution >= 0.6 is 0 Å². The summed E-state index contributed by atoms with van der Waals surface area (Å²) < 4.78 is 1.29. The van der Waals surface area contributed by atoms with Gasteiger partial charge < -0.3 is 10.1 Å². The topological polar surface area (TPSA) is 104 Å². The zero-order valence-electron chi connectivity index (χ0n) is 9.31. The second-order valence-corrected chi connectivity index (χ2v) is 3.59. The van der Waals surface area contributed by atoms with Crippen LogP contribution in [0.4, 0.5) is 11.5 Å². The number of rotatable bonds is 3. The van der Waals surface area contributed by atoms with E-state index in [4.69, 9.17) is 0 Å². The fourth-order valence-corrected chi connectivity index (χ4v) is 1.58. The first-order valence-corrected chi connectivity index (χ1v) is 4.91. The highest BCUT2D eigenvalue weighted by molar-refractivity contribution is 5.68. The van der Waals surface area contributed by atoms with Crippen LogP contribution in [-0.2, 0) is 7.05 Å². The maximum absolute atomic E-state index is 10.9. The van der Waals surface area contributed by atoms with E-state index in [9.17, 15) is 20.2 Å². The summed E-state index contributed by atoms with van der Waals surface area (Å²) in [4.78, 5) is 24.3. The zero-order valence-corrected chi connectivity index (χ0v) is 9.31. The molecule has 1 aromatic carbocycles. The Morgan fingerprint density at radius 2 is 1.72 bits per heavy atom. The van der Waals surface area contributed by atoms with Crippen molar-refractivity contribution in [2.24, 2.45) is 7.05 Å². The van der Waals surface area contributed by atoms with Gasteiger partial charge in [-0.15, -0.1) is 0 Å². The van der Waals surface area contributed by atoms with Gasteiger partial charge >= 0.3 is 5.82 Å². The van der Waals surface area contributed by atoms with Gasteiger partial charge in [0.1, 0.15) is 0 Å². The first-order valence-electron chi connectivity index (χ1n) is 4.91. The molecule has 1 aromatic heterocycles. The fraction of sp³-hybridized carbons (Fsp3) is 0.100. The van der Waals surface area contributed by atoms with Crippen LogP contribution < -0.4 is 0 Å². The molecule has 0 radical (unpaired) electrons. The van der Waals surface area contributed by atoms with Gasteiger partial charge in [0.25, 0.3) is 5.69 Å². The van der Waals surface area contributed by atoms with Gasteiger partial charge in [0, 0.05) is 17.7 Å². The van der Waals surface area contributed by atoms with E-state index >= 15 is 0 Å². The quantitative estimate of drug-likeness (QED) is 0.609. The number of nitro benzene ring substituents is 1. The van der Waals surface area contributed by atoms with Crippen molar-refractivity contribution in [3.63, 3.8) is 0 Å². The molecule has 0 fully saturated rings. The molecule has 0 spiro atoms. The standard InChI is InChI=1S/C10H8N4O4/c1-12-6-11-9(10(12)14(17)18)7-2-4-8(5-3-7)13(15)16/h2-6H,1H3. The normalized spacial score (nSPS) is 10.3. The van der Waals surface area contributed by atoms with Gasteiger partial charge in [-0.05, 0) is 17.1 Å². The molecule has 8 heteroatoms. The number of nitrogens with zero attached hydrogens (tertiary/aromatic N) is 4. The number of nitro groups is 2. The Morgan fingerprint density at radius 3 is 2.22 bits per heavy atom. The number of imidazole rings is 1. The molecule has 92 valence electrons. The van der Waals surface area contributed by atoms with Crippen molar-refractivity contribution in [1.29, 1.82) is 0 Å². The summed E-state index contributed by atoms with van der Waals surface area (Å²) in [6.45, 7) is 0. The molecule has 0 aliphatic carbocycles. The molecule has 8 nitrogen and oxygen atoms in total. The van der Waals surface area contributed by atoms with E-state index < -0.39 is 9.85 Å². The minimum atomic E-state index is -0.538. The fourth-order valence-electron chi connectivity index (χ4n) is 1.58. The Balaban J connectivity index is 2.49. The molecule has 0 N–H and O–H groups in total. The first-order chi connectivity index (χ1) is 8.50. The van der Waals surface area contributed by atoms with Crippen molar-refractivity contribution >= 4 is 11.5 Å². The molecule has 0 bridgehead atoms. The molecule has 1 heterocycles. The van der Waals surface area contributed by atoms with Crippen molar-refractivity contribution in [2.45, 2.75) is 0 Å². The predicted octanol–water partition coefficient (Wildman–Crippen LogP) is 1.90. The van der Waals surface area contributed by atoms with Crippen molar-refractivity contribution in [1.82, 2.24) is 9.55 Å². The number of aromatic nitrogens is 2. The highest BCUT2D eigenvalue weighted by atomic mass is 16.6. The van der Waals surface area contributed by atoms with E-state index in [-0.39, 0.29) is 17.2 Å². The molecule has 0 unspecified atom stereocenters. The summed E-state index contributed by atoms with van der Waals surface area (Å²) in [5.41, 5.74) is 0.586. The summed E-state index contributed by atoms with van der Waals surface area (Å²) in [7, 11) is 1.51. The maximum atomic E-state index is 10.9. The lowest BCUT2D eigenvalue weighted by Gasteiger charge is -1.99. The van der Waals surface area contributed by atoms with E-state index in [2.05, 4.69) is 4.98 Å². The Morgan fingerprint density at radius 1 is 1.11 bits per heavy atom. The number of hydrogen-bond donors (Lipinski definition) is 0. The van der Waals surface area contributed by atoms with E-state index in [0.717, 1.165) is 0 Å². The Labute approximate surface area is 101 Å². The minimum absolute atomic E-state index is 0.0719. The number of benzene rings is 1. The van der Waals surface area contributed by atoms with Crippen LogP contribution in [0.25, 0.3) is 11.3 Å². The molecule has 0 atom stereocenters. The summed E-state index contributed by atoms with van der Waals surface area (Å²) in [6.07, 6.45) is 1.33. The van der Waals surface area contributed by atoms with Gasteiger partial charge in [0.2, 0.25) is 0 Å². The molecule has 0 aliphatic rings. The molecule has 2 aromatic rings. The van der Waals surface area contributed by atoms with Crippen molar-refractivity contribution in [2.75, 3.05) is 0 Å². The lowest BCUT2D eigenvalue weighted by atomic mass is 10.1. The van der Waals surface area contributed by atoms with E-state index in [1.165, 1.54) is 42.2 Å². The molecule has 0 amide bonds. The average Bonchev–Trinajstić information content (AvgIpc) is 2.71. The Bertz CT molecular complexity index is 617. The summed E-state index contributed by atoms with van der Waals surface area (Å²) in [5, 5.41) is 21.4. The van der Waals surface area contributed by atoms with Crippen LogP contribution in [0.1, 0.15) is 0 Å². The molecule has 0 saturated heterocycles. The minimum Gasteiger partial charge on any atom is -0.358 e. The summed E-state index contributed by atoms with van der Waals surface area (Å²) in [5.74, 6) is -0.149. The molecule has 2 rings (SSSR count). The second-order valence-electron chi connectivity index (χ2n) is 3.59. The lowest BCUT2D eigenvalue weighted by molar-refractivity contribution is -0.391. The van der Waals surface area contributed by atoms with Crippen LogP contribution in [0.3, 0.4) is 0 Å². The highest BCUT2D eigenvalue weighted by Crippen LogP contribution is 2.28. The van der Waals surface area contributed by atoms with Crippen LogP contribution in [-0.4, -0.2) is 19.4 Å². The highest BCUT2D eigenvalue weighted by Gasteiger charge is 2.21. The van der Waals surface area contributed by atoms with E-state index in [1.807, 2.05) is 0 Å². The Kier molecular flexibility index (Phi) is 2.76. The molecule has 0 saturated carbocycles. The van der Waals surface area contributed by atoms with Crippen LogP contribution in [0.2, 0.25) is 0 Å². The van der Waals surface area contributed by atoms with Gasteiger partial charge in [-0.25, -0.2) is 9.55 Å². The second kappa shape index (κ2) is 4.24. The third-order valence-electron chi connectivity index (χ3n) is 2.43. The van der Waals surface area contributed by atoms with Gasteiger partial charge in [-0.2, -0.15) is 0 Å². The smallest absolute Gasteiger partial charge is 0.350 e. The van der Waals surface area contributed by atoms with Gasteiger partial charge in [0.05, 0.1) is 12.0 Å². The average molecular weight is 248 g/mol. The van der Waals surface area contributed by atoms with Crippen molar-refractivity contribution in [3.8, 4) is 11.3 Å². The van der Waals surface area contributed by atoms with Gasteiger partial charge in [-0.3, -0.25) is 10.1 Å². The number of aryl methyl sites for hydroxylation is 1. The first kappa shape index (κ1) is 11.7. The van der Waals surface area contributed by atoms with E-state index in [1.54, 1.807) is 0 Å². The van der Waals surface area contributed by atoms with Crippen LogP contribution in [0.5, 0.6) is 0 Å². The largest absolute Gasteiger partial charge is 0.358 e.